The molecule has 0 saturated carbocycles. The maximum Gasteiger partial charge on any atom is 0.169 e. The summed E-state index contributed by atoms with van der Waals surface area (Å²) in [6.45, 7) is 13.7. The van der Waals surface area contributed by atoms with Crippen LogP contribution in [0.3, 0.4) is 0 Å². The number of piperazine rings is 1. The predicted octanol–water partition coefficient (Wildman–Crippen LogP) is -1.12. The number of aryl methyl sites for hydroxylation is 1. The number of rotatable bonds is 7. The van der Waals surface area contributed by atoms with Crippen LogP contribution >= 0.6 is 12.2 Å². The third-order valence-corrected chi connectivity index (χ3v) is 6.22. The summed E-state index contributed by atoms with van der Waals surface area (Å²) < 4.78 is 11.0. The monoisotopic (exact) mass is 408 g/mol. The van der Waals surface area contributed by atoms with Crippen molar-refractivity contribution in [2.45, 2.75) is 19.9 Å². The van der Waals surface area contributed by atoms with E-state index in [1.54, 1.807) is 16.9 Å². The second-order valence-corrected chi connectivity index (χ2v) is 8.31. The number of benzene rings is 1. The number of nitrogens with zero attached hydrogens (tertiary/aromatic N) is 1. The minimum Gasteiger partial charge on any atom is -0.496 e. The number of nitrogens with one attached hydrogen (secondary N) is 3. The van der Waals surface area contributed by atoms with Gasteiger partial charge >= 0.3 is 0 Å². The van der Waals surface area contributed by atoms with Crippen LogP contribution in [-0.4, -0.2) is 82.7 Å². The van der Waals surface area contributed by atoms with Gasteiger partial charge in [0.1, 0.15) is 25.4 Å². The average Bonchev–Trinajstić information content (AvgIpc) is 2.72. The summed E-state index contributed by atoms with van der Waals surface area (Å²) >= 11 is 5.63. The third-order valence-electron chi connectivity index (χ3n) is 5.82. The van der Waals surface area contributed by atoms with E-state index in [2.05, 4.69) is 35.3 Å². The summed E-state index contributed by atoms with van der Waals surface area (Å²) in [6.07, 6.45) is 1.16. The van der Waals surface area contributed by atoms with Crippen LogP contribution in [0.25, 0.3) is 0 Å². The van der Waals surface area contributed by atoms with Crippen LogP contribution in [0.15, 0.2) is 18.2 Å². The van der Waals surface area contributed by atoms with Crippen molar-refractivity contribution < 1.29 is 19.3 Å². The Morgan fingerprint density at radius 2 is 1.93 bits per heavy atom. The van der Waals surface area contributed by atoms with E-state index in [4.69, 9.17) is 21.7 Å². The molecular weight excluding hydrogens is 372 g/mol. The molecule has 156 valence electrons. The summed E-state index contributed by atoms with van der Waals surface area (Å²) in [5.41, 5.74) is 2.59. The van der Waals surface area contributed by atoms with E-state index in [0.717, 1.165) is 82.9 Å². The molecule has 6 nitrogen and oxygen atoms in total. The van der Waals surface area contributed by atoms with Crippen molar-refractivity contribution in [1.29, 1.82) is 0 Å². The first-order valence-electron chi connectivity index (χ1n) is 10.6. The molecule has 0 spiro atoms. The summed E-state index contributed by atoms with van der Waals surface area (Å²) in [6, 6.07) is 6.44. The van der Waals surface area contributed by atoms with Gasteiger partial charge in [-0.1, -0.05) is 11.6 Å². The zero-order valence-corrected chi connectivity index (χ0v) is 18.2. The molecule has 2 aliphatic rings. The molecule has 2 aliphatic heterocycles. The van der Waals surface area contributed by atoms with Crippen LogP contribution in [0.2, 0.25) is 0 Å². The van der Waals surface area contributed by atoms with Crippen LogP contribution in [0.1, 0.15) is 17.5 Å². The molecule has 0 unspecified atom stereocenters. The van der Waals surface area contributed by atoms with E-state index in [0.29, 0.717) is 0 Å². The minimum absolute atomic E-state index is 0.905. The van der Waals surface area contributed by atoms with Crippen LogP contribution in [0.5, 0.6) is 5.75 Å². The molecule has 1 aromatic rings. The molecule has 2 fully saturated rings. The lowest BCUT2D eigenvalue weighted by Crippen LogP contribution is -3.14. The highest BCUT2D eigenvalue weighted by Gasteiger charge is 2.23. The van der Waals surface area contributed by atoms with Crippen LogP contribution in [0, 0.1) is 6.92 Å². The Morgan fingerprint density at radius 3 is 2.64 bits per heavy atom. The van der Waals surface area contributed by atoms with Crippen LogP contribution in [-0.2, 0) is 11.3 Å². The quantitative estimate of drug-likeness (QED) is 0.394. The molecule has 0 bridgehead atoms. The molecule has 0 aliphatic carbocycles. The topological polar surface area (TPSA) is 42.6 Å². The first kappa shape index (κ1) is 21.3. The molecule has 3 rings (SSSR count). The number of hydrogen-bond acceptors (Lipinski definition) is 3. The molecule has 2 heterocycles. The summed E-state index contributed by atoms with van der Waals surface area (Å²) in [4.78, 5) is 5.58. The first-order valence-corrected chi connectivity index (χ1v) is 11.0. The lowest BCUT2D eigenvalue weighted by Gasteiger charge is -2.34. The SMILES string of the molecule is COc1ccc(C)cc1C[NH+]1CCN(C(=S)NCCC[NH+]2CCOCC2)CC1. The molecule has 0 aromatic heterocycles. The molecule has 1 aromatic carbocycles. The van der Waals surface area contributed by atoms with Crippen molar-refractivity contribution >= 4 is 17.3 Å². The molecule has 7 heteroatoms. The number of thiocarbonyl (C=S) groups is 1. The lowest BCUT2D eigenvalue weighted by molar-refractivity contribution is -0.917. The number of quaternary nitrogens is 2. The smallest absolute Gasteiger partial charge is 0.169 e. The van der Waals surface area contributed by atoms with E-state index >= 15 is 0 Å². The van der Waals surface area contributed by atoms with Gasteiger partial charge in [0, 0.05) is 18.5 Å². The fraction of sp³-hybridized carbons (Fsp3) is 0.667. The van der Waals surface area contributed by atoms with Gasteiger partial charge in [0.15, 0.2) is 5.11 Å². The van der Waals surface area contributed by atoms with Crippen LogP contribution in [0.4, 0.5) is 0 Å². The standard InChI is InChI=1S/C21H34N4O2S/c1-18-4-5-20(26-2)19(16-18)17-24-8-10-25(11-9-24)21(28)22-6-3-7-23-12-14-27-15-13-23/h4-5,16H,3,6-15,17H2,1-2H3,(H,22,28)/p+2. The highest BCUT2D eigenvalue weighted by atomic mass is 32.1. The molecule has 3 N–H and O–H groups in total. The second-order valence-electron chi connectivity index (χ2n) is 7.93. The highest BCUT2D eigenvalue weighted by molar-refractivity contribution is 7.80. The molecule has 28 heavy (non-hydrogen) atoms. The van der Waals surface area contributed by atoms with E-state index in [-0.39, 0.29) is 0 Å². The maximum atomic E-state index is 5.63. The highest BCUT2D eigenvalue weighted by Crippen LogP contribution is 2.18. The third kappa shape index (κ3) is 6.30. The number of hydrogen-bond donors (Lipinski definition) is 3. The van der Waals surface area contributed by atoms with Gasteiger partial charge in [0.25, 0.3) is 0 Å². The molecule has 0 amide bonds. The van der Waals surface area contributed by atoms with E-state index in [1.807, 2.05) is 0 Å². The van der Waals surface area contributed by atoms with Crippen molar-refractivity contribution in [1.82, 2.24) is 10.2 Å². The summed E-state index contributed by atoms with van der Waals surface area (Å²) in [5, 5.41) is 4.39. The number of ether oxygens (including phenoxy) is 2. The maximum absolute atomic E-state index is 5.63. The zero-order valence-electron chi connectivity index (χ0n) is 17.4. The minimum atomic E-state index is 0.905. The largest absolute Gasteiger partial charge is 0.496 e. The van der Waals surface area contributed by atoms with Gasteiger partial charge in [-0.3, -0.25) is 0 Å². The lowest BCUT2D eigenvalue weighted by atomic mass is 10.1. The Balaban J connectivity index is 1.35. The van der Waals surface area contributed by atoms with Crippen molar-refractivity contribution in [2.24, 2.45) is 0 Å². The van der Waals surface area contributed by atoms with Crippen molar-refractivity contribution in [3.05, 3.63) is 29.3 Å². The molecule has 2 saturated heterocycles. The second kappa shape index (κ2) is 11.0. The van der Waals surface area contributed by atoms with E-state index in [9.17, 15) is 0 Å². The van der Waals surface area contributed by atoms with Gasteiger partial charge in [-0.15, -0.1) is 0 Å². The Bertz CT molecular complexity index is 629. The van der Waals surface area contributed by atoms with E-state index < -0.39 is 0 Å². The number of methoxy groups -OCH3 is 1. The van der Waals surface area contributed by atoms with Crippen molar-refractivity contribution in [2.75, 3.05) is 72.7 Å². The Morgan fingerprint density at radius 1 is 1.18 bits per heavy atom. The first-order chi connectivity index (χ1) is 13.7. The normalized spacial score (nSPS) is 18.9. The fourth-order valence-corrected chi connectivity index (χ4v) is 4.36. The molecule has 0 radical (unpaired) electrons. The zero-order chi connectivity index (χ0) is 19.8. The van der Waals surface area contributed by atoms with Gasteiger partial charge in [0.05, 0.1) is 53.0 Å². The molecular formula is C21H36N4O2S+2. The van der Waals surface area contributed by atoms with Gasteiger partial charge in [-0.2, -0.15) is 0 Å². The van der Waals surface area contributed by atoms with E-state index in [1.165, 1.54) is 17.7 Å². The number of morpholine rings is 1. The summed E-state index contributed by atoms with van der Waals surface area (Å²) in [7, 11) is 1.76. The van der Waals surface area contributed by atoms with Crippen LogP contribution < -0.4 is 19.9 Å². The van der Waals surface area contributed by atoms with Crippen molar-refractivity contribution in [3.8, 4) is 5.75 Å². The fourth-order valence-electron chi connectivity index (χ4n) is 4.07. The Kier molecular flexibility index (Phi) is 8.33. The Hall–Kier alpha value is -1.41. The Labute approximate surface area is 174 Å². The van der Waals surface area contributed by atoms with Gasteiger partial charge in [-0.05, 0) is 31.3 Å². The summed E-state index contributed by atoms with van der Waals surface area (Å²) in [5.74, 6) is 1.00. The van der Waals surface area contributed by atoms with Gasteiger partial charge < -0.3 is 29.5 Å². The van der Waals surface area contributed by atoms with Gasteiger partial charge in [0.2, 0.25) is 0 Å². The average molecular weight is 409 g/mol. The predicted molar refractivity (Wildman–Crippen MR) is 115 cm³/mol. The van der Waals surface area contributed by atoms with Gasteiger partial charge in [-0.25, -0.2) is 0 Å². The van der Waals surface area contributed by atoms with Crippen molar-refractivity contribution in [3.63, 3.8) is 0 Å². The molecule has 0 atom stereocenters.